The molecule has 3 N–H and O–H groups in total. The number of piperidine rings is 1. The topological polar surface area (TPSA) is 78.4 Å². The third-order valence-corrected chi connectivity index (χ3v) is 3.88. The first-order valence-electron chi connectivity index (χ1n) is 7.36. The Labute approximate surface area is 124 Å². The van der Waals surface area contributed by atoms with Gasteiger partial charge in [0.25, 0.3) is 0 Å². The van der Waals surface area contributed by atoms with Gasteiger partial charge in [0.05, 0.1) is 6.04 Å². The SMILES string of the molecule is CC1CCNC(C(=O)N[C@H](Cc2ccccc2)C(=O)O)C1. The molecular formula is C16H22N2O3. The minimum absolute atomic E-state index is 0.218. The molecule has 1 amide bonds. The number of hydrogen-bond acceptors (Lipinski definition) is 3. The number of carboxylic acid groups (broad SMARTS) is 1. The van der Waals surface area contributed by atoms with Crippen LogP contribution in [0.3, 0.4) is 0 Å². The predicted molar refractivity (Wildman–Crippen MR) is 79.9 cm³/mol. The molecule has 1 aliphatic heterocycles. The van der Waals surface area contributed by atoms with Crippen LogP contribution in [-0.4, -0.2) is 35.6 Å². The third kappa shape index (κ3) is 4.56. The first-order valence-corrected chi connectivity index (χ1v) is 7.36. The van der Waals surface area contributed by atoms with Gasteiger partial charge in [-0.05, 0) is 30.9 Å². The van der Waals surface area contributed by atoms with Crippen molar-refractivity contribution in [2.75, 3.05) is 6.54 Å². The normalized spacial score (nSPS) is 23.3. The largest absolute Gasteiger partial charge is 0.480 e. The lowest BCUT2D eigenvalue weighted by molar-refractivity contribution is -0.142. The number of nitrogens with one attached hydrogen (secondary N) is 2. The fraction of sp³-hybridized carbons (Fsp3) is 0.500. The number of rotatable bonds is 5. The molecule has 1 aromatic carbocycles. The molecule has 3 atom stereocenters. The molecule has 1 aliphatic rings. The summed E-state index contributed by atoms with van der Waals surface area (Å²) in [6.07, 6.45) is 2.10. The second-order valence-electron chi connectivity index (χ2n) is 5.73. The van der Waals surface area contributed by atoms with Gasteiger partial charge in [0, 0.05) is 6.42 Å². The van der Waals surface area contributed by atoms with Crippen LogP contribution in [0.25, 0.3) is 0 Å². The van der Waals surface area contributed by atoms with E-state index in [-0.39, 0.29) is 11.9 Å². The molecule has 2 rings (SSSR count). The Morgan fingerprint density at radius 3 is 2.71 bits per heavy atom. The van der Waals surface area contributed by atoms with E-state index in [2.05, 4.69) is 17.6 Å². The van der Waals surface area contributed by atoms with E-state index in [9.17, 15) is 14.7 Å². The van der Waals surface area contributed by atoms with E-state index in [4.69, 9.17) is 0 Å². The summed E-state index contributed by atoms with van der Waals surface area (Å²) in [5, 5.41) is 15.1. The van der Waals surface area contributed by atoms with Crippen LogP contribution in [0.1, 0.15) is 25.3 Å². The van der Waals surface area contributed by atoms with Crippen molar-refractivity contribution in [2.24, 2.45) is 5.92 Å². The molecule has 21 heavy (non-hydrogen) atoms. The Morgan fingerprint density at radius 1 is 1.38 bits per heavy atom. The van der Waals surface area contributed by atoms with E-state index in [1.165, 1.54) is 0 Å². The standard InChI is InChI=1S/C16H22N2O3/c1-11-7-8-17-13(9-11)15(19)18-14(16(20)21)10-12-5-3-2-4-6-12/h2-6,11,13-14,17H,7-10H2,1H3,(H,18,19)(H,20,21)/t11?,13?,14-/m1/s1. The van der Waals surface area contributed by atoms with E-state index >= 15 is 0 Å². The number of carbonyl (C=O) groups is 2. The average Bonchev–Trinajstić information content (AvgIpc) is 2.47. The van der Waals surface area contributed by atoms with Crippen molar-refractivity contribution in [1.29, 1.82) is 0 Å². The molecular weight excluding hydrogens is 268 g/mol. The maximum Gasteiger partial charge on any atom is 0.326 e. The quantitative estimate of drug-likeness (QED) is 0.761. The molecule has 0 bridgehead atoms. The van der Waals surface area contributed by atoms with E-state index in [0.717, 1.165) is 24.9 Å². The van der Waals surface area contributed by atoms with Crippen LogP contribution in [0.5, 0.6) is 0 Å². The van der Waals surface area contributed by atoms with Crippen molar-refractivity contribution in [3.05, 3.63) is 35.9 Å². The highest BCUT2D eigenvalue weighted by Gasteiger charge is 2.28. The summed E-state index contributed by atoms with van der Waals surface area (Å²) >= 11 is 0. The van der Waals surface area contributed by atoms with E-state index < -0.39 is 12.0 Å². The molecule has 1 fully saturated rings. The Kier molecular flexibility index (Phi) is 5.33. The molecule has 114 valence electrons. The first kappa shape index (κ1) is 15.5. The lowest BCUT2D eigenvalue weighted by Gasteiger charge is -2.28. The average molecular weight is 290 g/mol. The molecule has 0 spiro atoms. The van der Waals surface area contributed by atoms with Crippen molar-refractivity contribution in [2.45, 2.75) is 38.3 Å². The molecule has 1 heterocycles. The molecule has 5 nitrogen and oxygen atoms in total. The number of carboxylic acids is 1. The fourth-order valence-corrected chi connectivity index (χ4v) is 2.63. The van der Waals surface area contributed by atoms with Crippen molar-refractivity contribution in [3.63, 3.8) is 0 Å². The van der Waals surface area contributed by atoms with Gasteiger partial charge in [0.1, 0.15) is 6.04 Å². The van der Waals surface area contributed by atoms with Gasteiger partial charge >= 0.3 is 5.97 Å². The van der Waals surface area contributed by atoms with Crippen LogP contribution >= 0.6 is 0 Å². The van der Waals surface area contributed by atoms with Crippen molar-refractivity contribution in [3.8, 4) is 0 Å². The summed E-state index contributed by atoms with van der Waals surface area (Å²) in [5.41, 5.74) is 0.898. The maximum absolute atomic E-state index is 12.2. The van der Waals surface area contributed by atoms with Crippen LogP contribution < -0.4 is 10.6 Å². The molecule has 5 heteroatoms. The minimum atomic E-state index is -1.00. The lowest BCUT2D eigenvalue weighted by Crippen LogP contribution is -2.53. The number of hydrogen-bond donors (Lipinski definition) is 3. The molecule has 0 aliphatic carbocycles. The Morgan fingerprint density at radius 2 is 2.10 bits per heavy atom. The summed E-state index contributed by atoms with van der Waals surface area (Å²) in [4.78, 5) is 23.6. The van der Waals surface area contributed by atoms with Gasteiger partial charge in [-0.25, -0.2) is 4.79 Å². The van der Waals surface area contributed by atoms with Gasteiger partial charge in [-0.15, -0.1) is 0 Å². The second kappa shape index (κ2) is 7.22. The summed E-state index contributed by atoms with van der Waals surface area (Å²) in [6.45, 7) is 2.91. The second-order valence-corrected chi connectivity index (χ2v) is 5.73. The number of benzene rings is 1. The van der Waals surface area contributed by atoms with Gasteiger partial charge in [0.2, 0.25) is 5.91 Å². The van der Waals surface area contributed by atoms with Gasteiger partial charge in [-0.3, -0.25) is 4.79 Å². The van der Waals surface area contributed by atoms with Crippen LogP contribution in [0, 0.1) is 5.92 Å². The van der Waals surface area contributed by atoms with Gasteiger partial charge < -0.3 is 15.7 Å². The predicted octanol–water partition coefficient (Wildman–Crippen LogP) is 1.19. The van der Waals surface area contributed by atoms with Gasteiger partial charge in [-0.1, -0.05) is 37.3 Å². The third-order valence-electron chi connectivity index (χ3n) is 3.88. The van der Waals surface area contributed by atoms with Crippen molar-refractivity contribution < 1.29 is 14.7 Å². The van der Waals surface area contributed by atoms with E-state index in [1.807, 2.05) is 30.3 Å². The summed E-state index contributed by atoms with van der Waals surface area (Å²) in [5.74, 6) is -0.736. The lowest BCUT2D eigenvalue weighted by atomic mass is 9.93. The van der Waals surface area contributed by atoms with E-state index in [1.54, 1.807) is 0 Å². The van der Waals surface area contributed by atoms with Crippen LogP contribution in [0.2, 0.25) is 0 Å². The molecule has 1 aromatic rings. The van der Waals surface area contributed by atoms with Crippen molar-refractivity contribution >= 4 is 11.9 Å². The number of aliphatic carboxylic acids is 1. The summed E-state index contributed by atoms with van der Waals surface area (Å²) in [6, 6.07) is 8.16. The smallest absolute Gasteiger partial charge is 0.326 e. The Hall–Kier alpha value is -1.88. The fourth-order valence-electron chi connectivity index (χ4n) is 2.63. The highest BCUT2D eigenvalue weighted by molar-refractivity contribution is 5.87. The number of amides is 1. The zero-order valence-corrected chi connectivity index (χ0v) is 12.2. The van der Waals surface area contributed by atoms with Gasteiger partial charge in [-0.2, -0.15) is 0 Å². The minimum Gasteiger partial charge on any atom is -0.480 e. The highest BCUT2D eigenvalue weighted by Crippen LogP contribution is 2.15. The van der Waals surface area contributed by atoms with Crippen molar-refractivity contribution in [1.82, 2.24) is 10.6 Å². The Balaban J connectivity index is 1.96. The number of carbonyl (C=O) groups excluding carboxylic acids is 1. The van der Waals surface area contributed by atoms with Crippen LogP contribution in [0.15, 0.2) is 30.3 Å². The van der Waals surface area contributed by atoms with E-state index in [0.29, 0.717) is 12.3 Å². The monoisotopic (exact) mass is 290 g/mol. The molecule has 0 saturated carbocycles. The summed E-state index contributed by atoms with van der Waals surface area (Å²) in [7, 11) is 0. The zero-order valence-electron chi connectivity index (χ0n) is 12.2. The van der Waals surface area contributed by atoms with Crippen LogP contribution in [0.4, 0.5) is 0 Å². The molecule has 2 unspecified atom stereocenters. The first-order chi connectivity index (χ1) is 10.1. The molecule has 0 radical (unpaired) electrons. The maximum atomic E-state index is 12.2. The Bertz CT molecular complexity index is 490. The summed E-state index contributed by atoms with van der Waals surface area (Å²) < 4.78 is 0. The molecule has 0 aromatic heterocycles. The molecule has 1 saturated heterocycles. The van der Waals surface area contributed by atoms with Crippen LogP contribution in [-0.2, 0) is 16.0 Å². The van der Waals surface area contributed by atoms with Gasteiger partial charge in [0.15, 0.2) is 0 Å². The zero-order chi connectivity index (χ0) is 15.2. The highest BCUT2D eigenvalue weighted by atomic mass is 16.4.